The highest BCUT2D eigenvalue weighted by Crippen LogP contribution is 2.14. The van der Waals surface area contributed by atoms with E-state index in [1.807, 2.05) is 6.08 Å². The fourth-order valence-electron chi connectivity index (χ4n) is 2.79. The average Bonchev–Trinajstić information content (AvgIpc) is 2.54. The molecule has 0 fully saturated rings. The molecule has 148 valence electrons. The molecule has 26 heavy (non-hydrogen) atoms. The van der Waals surface area contributed by atoms with Gasteiger partial charge >= 0.3 is 0 Å². The summed E-state index contributed by atoms with van der Waals surface area (Å²) in [4.78, 5) is 0. The van der Waals surface area contributed by atoms with Crippen molar-refractivity contribution in [2.24, 2.45) is 0 Å². The Morgan fingerprint density at radius 3 is 1.12 bits per heavy atom. The van der Waals surface area contributed by atoms with Crippen LogP contribution >= 0.6 is 0 Å². The van der Waals surface area contributed by atoms with Crippen molar-refractivity contribution in [3.05, 3.63) is 58.2 Å². The first-order valence-corrected chi connectivity index (χ1v) is 10.2. The minimum Gasteiger partial charge on any atom is -0.392 e. The highest BCUT2D eigenvalue weighted by Gasteiger charge is 1.94. The molecule has 0 aromatic rings. The van der Waals surface area contributed by atoms with Crippen molar-refractivity contribution in [1.29, 1.82) is 0 Å². The topological polar surface area (TPSA) is 20.2 Å². The molecule has 0 saturated heterocycles. The molecule has 1 heteroatoms. The van der Waals surface area contributed by atoms with E-state index in [9.17, 15) is 0 Å². The van der Waals surface area contributed by atoms with Crippen LogP contribution < -0.4 is 0 Å². The monoisotopic (exact) mass is 358 g/mol. The quantitative estimate of drug-likeness (QED) is 0.332. The zero-order valence-corrected chi connectivity index (χ0v) is 18.2. The Morgan fingerprint density at radius 1 is 0.500 bits per heavy atom. The molecule has 0 aromatic heterocycles. The zero-order valence-electron chi connectivity index (χ0n) is 18.2. The van der Waals surface area contributed by atoms with Gasteiger partial charge in [-0.2, -0.15) is 0 Å². The number of aliphatic hydroxyl groups is 1. The van der Waals surface area contributed by atoms with Crippen LogP contribution in [0.4, 0.5) is 0 Å². The Morgan fingerprint density at radius 2 is 0.808 bits per heavy atom. The van der Waals surface area contributed by atoms with Gasteiger partial charge in [-0.05, 0) is 92.9 Å². The minimum atomic E-state index is 0.156. The average molecular weight is 359 g/mol. The Hall–Kier alpha value is -1.34. The number of rotatable bonds is 13. The maximum absolute atomic E-state index is 8.86. The molecule has 0 saturated carbocycles. The summed E-state index contributed by atoms with van der Waals surface area (Å²) in [6, 6.07) is 0. The SMILES string of the molecule is CC(C)=CCCC(C)=CCCC(C)=CCCC(C)=CCCC(C)=CCO. The summed E-state index contributed by atoms with van der Waals surface area (Å²) < 4.78 is 0. The predicted octanol–water partition coefficient (Wildman–Crippen LogP) is 7.85. The van der Waals surface area contributed by atoms with E-state index in [1.165, 1.54) is 47.1 Å². The van der Waals surface area contributed by atoms with E-state index in [1.54, 1.807) is 0 Å². The van der Waals surface area contributed by atoms with Crippen LogP contribution in [0.5, 0.6) is 0 Å². The van der Waals surface area contributed by atoms with Crippen LogP contribution in [0.15, 0.2) is 58.2 Å². The number of allylic oxidation sites excluding steroid dienone is 9. The Labute approximate surface area is 163 Å². The first-order valence-electron chi connectivity index (χ1n) is 10.2. The molecular weight excluding hydrogens is 316 g/mol. The van der Waals surface area contributed by atoms with E-state index in [-0.39, 0.29) is 6.61 Å². The third-order valence-corrected chi connectivity index (χ3v) is 4.63. The molecule has 0 bridgehead atoms. The third-order valence-electron chi connectivity index (χ3n) is 4.63. The molecular formula is C25H42O. The van der Waals surface area contributed by atoms with E-state index in [0.29, 0.717) is 0 Å². The van der Waals surface area contributed by atoms with Gasteiger partial charge in [0.15, 0.2) is 0 Å². The standard InChI is InChI=1S/C25H42O/c1-21(2)11-7-12-22(3)13-8-14-23(4)15-9-16-24(5)17-10-18-25(6)19-20-26/h11,13,15,17,19,26H,7-10,12,14,16,18,20H2,1-6H3. The molecule has 0 aliphatic rings. The molecule has 1 N–H and O–H groups in total. The van der Waals surface area contributed by atoms with Crippen molar-refractivity contribution in [2.45, 2.75) is 92.9 Å². The molecule has 0 heterocycles. The molecule has 0 unspecified atom stereocenters. The van der Waals surface area contributed by atoms with E-state index < -0.39 is 0 Å². The molecule has 0 rings (SSSR count). The molecule has 0 aliphatic heterocycles. The zero-order chi connectivity index (χ0) is 19.8. The highest BCUT2D eigenvalue weighted by molar-refractivity contribution is 5.08. The van der Waals surface area contributed by atoms with Gasteiger partial charge in [-0.3, -0.25) is 0 Å². The fourth-order valence-corrected chi connectivity index (χ4v) is 2.79. The van der Waals surface area contributed by atoms with Gasteiger partial charge in [0, 0.05) is 0 Å². The summed E-state index contributed by atoms with van der Waals surface area (Å²) in [5.41, 5.74) is 7.18. The van der Waals surface area contributed by atoms with Gasteiger partial charge in [0.1, 0.15) is 0 Å². The van der Waals surface area contributed by atoms with Gasteiger partial charge in [-0.25, -0.2) is 0 Å². The van der Waals surface area contributed by atoms with Crippen molar-refractivity contribution in [3.63, 3.8) is 0 Å². The first kappa shape index (κ1) is 24.7. The summed E-state index contributed by atoms with van der Waals surface area (Å²) in [6.07, 6.45) is 20.5. The van der Waals surface area contributed by atoms with Crippen molar-refractivity contribution in [3.8, 4) is 0 Å². The Bertz CT molecular complexity index is 522. The van der Waals surface area contributed by atoms with Gasteiger partial charge < -0.3 is 5.11 Å². The van der Waals surface area contributed by atoms with Crippen LogP contribution in [-0.4, -0.2) is 11.7 Å². The van der Waals surface area contributed by atoms with E-state index in [2.05, 4.69) is 65.8 Å². The van der Waals surface area contributed by atoms with Crippen LogP contribution in [0.3, 0.4) is 0 Å². The Kier molecular flexibility index (Phi) is 15.1. The lowest BCUT2D eigenvalue weighted by Gasteiger charge is -2.03. The van der Waals surface area contributed by atoms with Crippen molar-refractivity contribution >= 4 is 0 Å². The van der Waals surface area contributed by atoms with E-state index in [4.69, 9.17) is 5.11 Å². The normalized spacial score (nSPS) is 14.0. The van der Waals surface area contributed by atoms with Gasteiger partial charge in [-0.1, -0.05) is 58.2 Å². The largest absolute Gasteiger partial charge is 0.392 e. The summed E-state index contributed by atoms with van der Waals surface area (Å²) >= 11 is 0. The lowest BCUT2D eigenvalue weighted by Crippen LogP contribution is -1.83. The van der Waals surface area contributed by atoms with Crippen molar-refractivity contribution < 1.29 is 5.11 Å². The smallest absolute Gasteiger partial charge is 0.0614 e. The second-order valence-corrected chi connectivity index (χ2v) is 7.82. The minimum absolute atomic E-state index is 0.156. The maximum Gasteiger partial charge on any atom is 0.0614 e. The first-order chi connectivity index (χ1) is 12.3. The summed E-state index contributed by atoms with van der Waals surface area (Å²) in [6.45, 7) is 13.3. The summed E-state index contributed by atoms with van der Waals surface area (Å²) in [7, 11) is 0. The molecule has 0 atom stereocenters. The lowest BCUT2D eigenvalue weighted by atomic mass is 10.0. The van der Waals surface area contributed by atoms with Crippen LogP contribution in [-0.2, 0) is 0 Å². The van der Waals surface area contributed by atoms with E-state index in [0.717, 1.165) is 32.1 Å². The number of aliphatic hydroxyl groups excluding tert-OH is 1. The second kappa shape index (κ2) is 15.9. The maximum atomic E-state index is 8.86. The van der Waals surface area contributed by atoms with Gasteiger partial charge in [0.05, 0.1) is 6.61 Å². The molecule has 1 nitrogen and oxygen atoms in total. The van der Waals surface area contributed by atoms with Crippen LogP contribution in [0, 0.1) is 0 Å². The number of hydrogen-bond donors (Lipinski definition) is 1. The Balaban J connectivity index is 4.03. The van der Waals surface area contributed by atoms with Crippen molar-refractivity contribution in [1.82, 2.24) is 0 Å². The number of hydrogen-bond acceptors (Lipinski definition) is 1. The second-order valence-electron chi connectivity index (χ2n) is 7.82. The molecule has 0 spiro atoms. The van der Waals surface area contributed by atoms with Gasteiger partial charge in [0.2, 0.25) is 0 Å². The lowest BCUT2D eigenvalue weighted by molar-refractivity contribution is 0.341. The summed E-state index contributed by atoms with van der Waals surface area (Å²) in [5.74, 6) is 0. The predicted molar refractivity (Wildman–Crippen MR) is 118 cm³/mol. The molecule has 0 aliphatic carbocycles. The van der Waals surface area contributed by atoms with Gasteiger partial charge in [0.25, 0.3) is 0 Å². The fraction of sp³-hybridized carbons (Fsp3) is 0.600. The van der Waals surface area contributed by atoms with Crippen LogP contribution in [0.2, 0.25) is 0 Å². The highest BCUT2D eigenvalue weighted by atomic mass is 16.2. The van der Waals surface area contributed by atoms with Crippen LogP contribution in [0.25, 0.3) is 0 Å². The van der Waals surface area contributed by atoms with Crippen LogP contribution in [0.1, 0.15) is 92.9 Å². The molecule has 0 radical (unpaired) electrons. The van der Waals surface area contributed by atoms with Gasteiger partial charge in [-0.15, -0.1) is 0 Å². The van der Waals surface area contributed by atoms with Crippen molar-refractivity contribution in [2.75, 3.05) is 6.61 Å². The summed E-state index contributed by atoms with van der Waals surface area (Å²) in [5, 5.41) is 8.86. The molecule has 0 amide bonds. The van der Waals surface area contributed by atoms with E-state index >= 15 is 0 Å². The molecule has 0 aromatic carbocycles. The third kappa shape index (κ3) is 16.1.